The molecule has 4 aromatic rings. The first-order valence-electron chi connectivity index (χ1n) is 8.53. The molecule has 0 fully saturated rings. The zero-order chi connectivity index (χ0) is 19.5. The number of ether oxygens (including phenoxy) is 2. The minimum atomic E-state index is -0.225. The zero-order valence-electron chi connectivity index (χ0n) is 15.0. The highest BCUT2D eigenvalue weighted by molar-refractivity contribution is 5.63. The number of aromatic hydroxyl groups is 2. The second-order valence-electron chi connectivity index (χ2n) is 6.04. The molecular weight excluding hydrogens is 358 g/mol. The standard InChI is InChI=1S/C22H17NO5/c1-26-16-7-9-18(10-8-16)27-17-5-2-14(3-6-17)21-13-23-22(28-21)15-4-11-19(24)20(25)12-15/h2-13,24-25H,1H3. The molecule has 0 aliphatic rings. The van der Waals surface area contributed by atoms with Crippen LogP contribution in [0.3, 0.4) is 0 Å². The Balaban J connectivity index is 1.50. The molecule has 0 bridgehead atoms. The van der Waals surface area contributed by atoms with Crippen LogP contribution < -0.4 is 9.47 Å². The Morgan fingerprint density at radius 3 is 2.00 bits per heavy atom. The third-order valence-electron chi connectivity index (χ3n) is 4.16. The molecule has 3 aromatic carbocycles. The predicted molar refractivity (Wildman–Crippen MR) is 104 cm³/mol. The lowest BCUT2D eigenvalue weighted by atomic mass is 10.2. The number of hydrogen-bond donors (Lipinski definition) is 2. The molecule has 0 unspecified atom stereocenters. The molecule has 140 valence electrons. The normalized spacial score (nSPS) is 10.6. The van der Waals surface area contributed by atoms with Gasteiger partial charge in [-0.15, -0.1) is 0 Å². The first-order valence-corrected chi connectivity index (χ1v) is 8.53. The number of aromatic nitrogens is 1. The minimum absolute atomic E-state index is 0.192. The number of nitrogens with zero attached hydrogens (tertiary/aromatic N) is 1. The van der Waals surface area contributed by atoms with Crippen LogP contribution in [-0.4, -0.2) is 22.3 Å². The van der Waals surface area contributed by atoms with E-state index >= 15 is 0 Å². The molecule has 0 aliphatic carbocycles. The van der Waals surface area contributed by atoms with Crippen molar-refractivity contribution >= 4 is 0 Å². The number of rotatable bonds is 5. The molecule has 0 radical (unpaired) electrons. The van der Waals surface area contributed by atoms with Crippen LogP contribution in [0.1, 0.15) is 0 Å². The third-order valence-corrected chi connectivity index (χ3v) is 4.16. The van der Waals surface area contributed by atoms with E-state index in [2.05, 4.69) is 4.98 Å². The first kappa shape index (κ1) is 17.5. The predicted octanol–water partition coefficient (Wildman–Crippen LogP) is 5.22. The maximum Gasteiger partial charge on any atom is 0.226 e. The van der Waals surface area contributed by atoms with Crippen molar-refractivity contribution in [2.24, 2.45) is 0 Å². The van der Waals surface area contributed by atoms with E-state index in [4.69, 9.17) is 13.9 Å². The Kier molecular flexibility index (Phi) is 4.60. The van der Waals surface area contributed by atoms with Crippen molar-refractivity contribution in [3.05, 3.63) is 72.9 Å². The molecule has 0 amide bonds. The second-order valence-corrected chi connectivity index (χ2v) is 6.04. The maximum atomic E-state index is 9.63. The minimum Gasteiger partial charge on any atom is -0.504 e. The maximum absolute atomic E-state index is 9.63. The average Bonchev–Trinajstić information content (AvgIpc) is 3.21. The van der Waals surface area contributed by atoms with Gasteiger partial charge in [0, 0.05) is 11.1 Å². The van der Waals surface area contributed by atoms with Crippen LogP contribution in [-0.2, 0) is 0 Å². The highest BCUT2D eigenvalue weighted by atomic mass is 16.5. The van der Waals surface area contributed by atoms with E-state index in [1.165, 1.54) is 12.1 Å². The second kappa shape index (κ2) is 7.36. The Hall–Kier alpha value is -3.93. The topological polar surface area (TPSA) is 85.0 Å². The summed E-state index contributed by atoms with van der Waals surface area (Å²) in [5.74, 6) is 2.69. The van der Waals surface area contributed by atoms with E-state index in [1.807, 2.05) is 48.5 Å². The molecule has 6 nitrogen and oxygen atoms in total. The van der Waals surface area contributed by atoms with Crippen LogP contribution in [0, 0.1) is 0 Å². The third kappa shape index (κ3) is 3.61. The van der Waals surface area contributed by atoms with E-state index in [0.29, 0.717) is 28.7 Å². The van der Waals surface area contributed by atoms with Gasteiger partial charge in [0.1, 0.15) is 17.2 Å². The van der Waals surface area contributed by atoms with Gasteiger partial charge in [0.05, 0.1) is 13.3 Å². The quantitative estimate of drug-likeness (QED) is 0.465. The fourth-order valence-corrected chi connectivity index (χ4v) is 2.66. The molecule has 0 aliphatic heterocycles. The average molecular weight is 375 g/mol. The van der Waals surface area contributed by atoms with Gasteiger partial charge in [-0.05, 0) is 66.7 Å². The van der Waals surface area contributed by atoms with Crippen molar-refractivity contribution in [2.75, 3.05) is 7.11 Å². The van der Waals surface area contributed by atoms with Crippen LogP contribution >= 0.6 is 0 Å². The van der Waals surface area contributed by atoms with Crippen LogP contribution in [0.4, 0.5) is 0 Å². The lowest BCUT2D eigenvalue weighted by molar-refractivity contribution is 0.404. The molecule has 28 heavy (non-hydrogen) atoms. The fraction of sp³-hybridized carbons (Fsp3) is 0.0455. The van der Waals surface area contributed by atoms with Crippen molar-refractivity contribution < 1.29 is 24.1 Å². The van der Waals surface area contributed by atoms with Gasteiger partial charge in [0.15, 0.2) is 17.3 Å². The van der Waals surface area contributed by atoms with Crippen LogP contribution in [0.5, 0.6) is 28.7 Å². The van der Waals surface area contributed by atoms with Gasteiger partial charge in [-0.1, -0.05) is 0 Å². The molecule has 0 spiro atoms. The summed E-state index contributed by atoms with van der Waals surface area (Å²) in [6, 6.07) is 19.2. The molecule has 2 N–H and O–H groups in total. The fourth-order valence-electron chi connectivity index (χ4n) is 2.66. The number of methoxy groups -OCH3 is 1. The van der Waals surface area contributed by atoms with Gasteiger partial charge in [-0.3, -0.25) is 0 Å². The number of phenols is 2. The van der Waals surface area contributed by atoms with Gasteiger partial charge >= 0.3 is 0 Å². The summed E-state index contributed by atoms with van der Waals surface area (Å²) >= 11 is 0. The molecule has 0 saturated heterocycles. The van der Waals surface area contributed by atoms with Gasteiger partial charge in [0.25, 0.3) is 0 Å². The Morgan fingerprint density at radius 2 is 1.36 bits per heavy atom. The Labute approximate surface area is 161 Å². The van der Waals surface area contributed by atoms with E-state index in [1.54, 1.807) is 19.4 Å². The van der Waals surface area contributed by atoms with Crippen LogP contribution in [0.25, 0.3) is 22.8 Å². The highest BCUT2D eigenvalue weighted by Crippen LogP contribution is 2.33. The molecule has 1 aromatic heterocycles. The number of benzene rings is 3. The van der Waals surface area contributed by atoms with Crippen LogP contribution in [0.2, 0.25) is 0 Å². The van der Waals surface area contributed by atoms with E-state index in [-0.39, 0.29) is 11.5 Å². The summed E-state index contributed by atoms with van der Waals surface area (Å²) in [5, 5.41) is 19.0. The molecule has 1 heterocycles. The summed E-state index contributed by atoms with van der Waals surface area (Å²) < 4.78 is 16.7. The van der Waals surface area contributed by atoms with E-state index < -0.39 is 0 Å². The van der Waals surface area contributed by atoms with Crippen molar-refractivity contribution in [2.45, 2.75) is 0 Å². The first-order chi connectivity index (χ1) is 13.6. The Morgan fingerprint density at radius 1 is 0.750 bits per heavy atom. The Bertz CT molecular complexity index is 1080. The van der Waals surface area contributed by atoms with Crippen molar-refractivity contribution in [3.8, 4) is 51.5 Å². The summed E-state index contributed by atoms with van der Waals surface area (Å²) in [5.41, 5.74) is 1.41. The lowest BCUT2D eigenvalue weighted by Crippen LogP contribution is -1.85. The molecule has 4 rings (SSSR count). The number of phenolic OH excluding ortho intramolecular Hbond substituents is 2. The molecule has 0 saturated carbocycles. The molecular formula is C22H17NO5. The SMILES string of the molecule is COc1ccc(Oc2ccc(-c3cnc(-c4ccc(O)c(O)c4)o3)cc2)cc1. The van der Waals surface area contributed by atoms with Gasteiger partial charge < -0.3 is 24.1 Å². The van der Waals surface area contributed by atoms with Crippen molar-refractivity contribution in [1.82, 2.24) is 4.98 Å². The molecule has 0 atom stereocenters. The van der Waals surface area contributed by atoms with E-state index in [0.717, 1.165) is 11.3 Å². The highest BCUT2D eigenvalue weighted by Gasteiger charge is 2.11. The summed E-state index contributed by atoms with van der Waals surface area (Å²) in [4.78, 5) is 4.24. The van der Waals surface area contributed by atoms with Gasteiger partial charge in [0.2, 0.25) is 5.89 Å². The smallest absolute Gasteiger partial charge is 0.226 e. The summed E-state index contributed by atoms with van der Waals surface area (Å²) in [6.07, 6.45) is 1.61. The van der Waals surface area contributed by atoms with Gasteiger partial charge in [-0.2, -0.15) is 0 Å². The summed E-state index contributed by atoms with van der Waals surface area (Å²) in [7, 11) is 1.62. The largest absolute Gasteiger partial charge is 0.504 e. The molecule has 6 heteroatoms. The van der Waals surface area contributed by atoms with Crippen molar-refractivity contribution in [3.63, 3.8) is 0 Å². The van der Waals surface area contributed by atoms with E-state index in [9.17, 15) is 10.2 Å². The van der Waals surface area contributed by atoms with Crippen LogP contribution in [0.15, 0.2) is 77.3 Å². The number of hydrogen-bond acceptors (Lipinski definition) is 6. The van der Waals surface area contributed by atoms with Crippen molar-refractivity contribution in [1.29, 1.82) is 0 Å². The lowest BCUT2D eigenvalue weighted by Gasteiger charge is -2.07. The summed E-state index contributed by atoms with van der Waals surface area (Å²) in [6.45, 7) is 0. The van der Waals surface area contributed by atoms with Gasteiger partial charge in [-0.25, -0.2) is 4.98 Å². The number of oxazole rings is 1. The zero-order valence-corrected chi connectivity index (χ0v) is 15.0. The monoisotopic (exact) mass is 375 g/mol.